The summed E-state index contributed by atoms with van der Waals surface area (Å²) in [6.45, 7) is 6.88. The predicted molar refractivity (Wildman–Crippen MR) is 93.0 cm³/mol. The number of nitrogens with one attached hydrogen (secondary N) is 1. The highest BCUT2D eigenvalue weighted by atomic mass is 16.8. The molecule has 0 aliphatic carbocycles. The van der Waals surface area contributed by atoms with Crippen LogP contribution in [0.1, 0.15) is 12.0 Å². The fourth-order valence-corrected chi connectivity index (χ4v) is 3.65. The van der Waals surface area contributed by atoms with Crippen LogP contribution in [-0.2, 0) is 19.1 Å². The third-order valence-electron chi connectivity index (χ3n) is 4.83. The molecule has 0 amide bonds. The zero-order valence-electron chi connectivity index (χ0n) is 14.6. The first kappa shape index (κ1) is 16.4. The molecule has 0 aromatic heterocycles. The van der Waals surface area contributed by atoms with Gasteiger partial charge in [-0.3, -0.25) is 9.89 Å². The van der Waals surface area contributed by atoms with E-state index in [1.54, 1.807) is 18.0 Å². The standard InChI is InChI=1S/C18H19N3O5/c1-4-7-17(16-19-8-9-20-16)18(25-14(22)15(23)26-18)21(3)12-10-11(2)5-6-13(12)24-17/h4-6,10H,1,7-9H2,2-3H3,(H,19,20). The summed E-state index contributed by atoms with van der Waals surface area (Å²) in [5.74, 6) is -2.92. The minimum Gasteiger partial charge on any atom is -0.466 e. The van der Waals surface area contributed by atoms with Gasteiger partial charge in [0.15, 0.2) is 5.84 Å². The van der Waals surface area contributed by atoms with E-state index in [1.165, 1.54) is 0 Å². The molecule has 4 rings (SSSR count). The van der Waals surface area contributed by atoms with Gasteiger partial charge in [-0.15, -0.1) is 6.58 Å². The van der Waals surface area contributed by atoms with Crippen molar-refractivity contribution < 1.29 is 23.8 Å². The molecule has 1 unspecified atom stereocenters. The summed E-state index contributed by atoms with van der Waals surface area (Å²) in [7, 11) is 1.69. The molecule has 1 aromatic rings. The highest BCUT2D eigenvalue weighted by Crippen LogP contribution is 2.51. The number of hydrogen-bond acceptors (Lipinski definition) is 8. The number of ether oxygens (including phenoxy) is 3. The van der Waals surface area contributed by atoms with Gasteiger partial charge in [0.05, 0.1) is 12.2 Å². The fraction of sp³-hybridized carbons (Fsp3) is 0.389. The predicted octanol–water partition coefficient (Wildman–Crippen LogP) is 0.894. The normalized spacial score (nSPS) is 25.8. The molecule has 0 bridgehead atoms. The van der Waals surface area contributed by atoms with E-state index in [4.69, 9.17) is 14.2 Å². The van der Waals surface area contributed by atoms with Crippen molar-refractivity contribution in [3.63, 3.8) is 0 Å². The molecule has 0 saturated carbocycles. The van der Waals surface area contributed by atoms with Crippen LogP contribution in [-0.4, -0.2) is 49.4 Å². The molecule has 0 radical (unpaired) electrons. The highest BCUT2D eigenvalue weighted by Gasteiger charge is 2.72. The smallest absolute Gasteiger partial charge is 0.422 e. The quantitative estimate of drug-likeness (QED) is 0.488. The van der Waals surface area contributed by atoms with Gasteiger partial charge in [-0.1, -0.05) is 12.1 Å². The topological polar surface area (TPSA) is 89.5 Å². The van der Waals surface area contributed by atoms with Gasteiger partial charge in [-0.05, 0) is 24.6 Å². The number of carbonyl (C=O) groups excluding carboxylic acids is 2. The molecular weight excluding hydrogens is 338 g/mol. The monoisotopic (exact) mass is 357 g/mol. The summed E-state index contributed by atoms with van der Waals surface area (Å²) in [5, 5.41) is 3.16. The first-order chi connectivity index (χ1) is 12.4. The number of nitrogens with zero attached hydrogens (tertiary/aromatic N) is 2. The van der Waals surface area contributed by atoms with E-state index in [9.17, 15) is 9.59 Å². The summed E-state index contributed by atoms with van der Waals surface area (Å²) in [6, 6.07) is 5.62. The number of aliphatic imine (C=N–C) groups is 1. The van der Waals surface area contributed by atoms with Crippen LogP contribution in [0.2, 0.25) is 0 Å². The Labute approximate surface area is 150 Å². The van der Waals surface area contributed by atoms with Gasteiger partial charge >= 0.3 is 17.8 Å². The van der Waals surface area contributed by atoms with E-state index in [2.05, 4.69) is 16.9 Å². The molecule has 8 heteroatoms. The van der Waals surface area contributed by atoms with Crippen LogP contribution < -0.4 is 15.0 Å². The molecule has 26 heavy (non-hydrogen) atoms. The van der Waals surface area contributed by atoms with Crippen molar-refractivity contribution in [2.45, 2.75) is 24.9 Å². The van der Waals surface area contributed by atoms with Crippen molar-refractivity contribution in [1.29, 1.82) is 0 Å². The van der Waals surface area contributed by atoms with Crippen LogP contribution in [0.25, 0.3) is 0 Å². The fourth-order valence-electron chi connectivity index (χ4n) is 3.65. The van der Waals surface area contributed by atoms with Crippen molar-refractivity contribution in [3.8, 4) is 5.75 Å². The van der Waals surface area contributed by atoms with E-state index in [-0.39, 0.29) is 6.42 Å². The van der Waals surface area contributed by atoms with Crippen LogP contribution in [0.3, 0.4) is 0 Å². The van der Waals surface area contributed by atoms with Crippen molar-refractivity contribution in [3.05, 3.63) is 36.4 Å². The van der Waals surface area contributed by atoms with E-state index in [0.29, 0.717) is 30.4 Å². The Balaban J connectivity index is 1.98. The minimum absolute atomic E-state index is 0.205. The Bertz CT molecular complexity index is 833. The molecule has 3 heterocycles. The summed E-state index contributed by atoms with van der Waals surface area (Å²) in [4.78, 5) is 30.1. The molecule has 1 N–H and O–H groups in total. The average Bonchev–Trinajstić information content (AvgIpc) is 3.24. The number of anilines is 1. The largest absolute Gasteiger partial charge is 0.466 e. The van der Waals surface area contributed by atoms with Crippen LogP contribution >= 0.6 is 0 Å². The molecule has 3 aliphatic heterocycles. The summed E-state index contributed by atoms with van der Waals surface area (Å²) >= 11 is 0. The first-order valence-electron chi connectivity index (χ1n) is 8.33. The molecule has 136 valence electrons. The zero-order chi connectivity index (χ0) is 18.5. The Kier molecular flexibility index (Phi) is 3.47. The van der Waals surface area contributed by atoms with Gasteiger partial charge in [0.25, 0.3) is 5.60 Å². The van der Waals surface area contributed by atoms with Gasteiger partial charge in [-0.2, -0.15) is 0 Å². The molecule has 1 atom stereocenters. The number of benzene rings is 1. The van der Waals surface area contributed by atoms with E-state index in [1.807, 2.05) is 25.1 Å². The number of esters is 2. The Morgan fingerprint density at radius 2 is 2.04 bits per heavy atom. The van der Waals surface area contributed by atoms with E-state index < -0.39 is 23.5 Å². The number of rotatable bonds is 3. The van der Waals surface area contributed by atoms with E-state index in [0.717, 1.165) is 5.56 Å². The summed E-state index contributed by atoms with van der Waals surface area (Å²) in [5.41, 5.74) is 0.243. The first-order valence-corrected chi connectivity index (χ1v) is 8.33. The number of likely N-dealkylation sites (N-methyl/N-ethyl adjacent to an activating group) is 1. The Morgan fingerprint density at radius 1 is 1.31 bits per heavy atom. The second kappa shape index (κ2) is 5.48. The van der Waals surface area contributed by atoms with Gasteiger partial charge < -0.3 is 19.5 Å². The molecular formula is C18H19N3O5. The van der Waals surface area contributed by atoms with E-state index >= 15 is 0 Å². The van der Waals surface area contributed by atoms with Gasteiger partial charge in [0, 0.05) is 20.0 Å². The maximum atomic E-state index is 12.0. The summed E-state index contributed by atoms with van der Waals surface area (Å²) in [6.07, 6.45) is 1.83. The molecule has 1 spiro atoms. The number of hydrogen-bond donors (Lipinski definition) is 1. The van der Waals surface area contributed by atoms with Crippen LogP contribution in [0, 0.1) is 6.92 Å². The maximum absolute atomic E-state index is 12.0. The Morgan fingerprint density at radius 3 is 2.65 bits per heavy atom. The van der Waals surface area contributed by atoms with Gasteiger partial charge in [-0.25, -0.2) is 9.59 Å². The molecule has 1 aromatic carbocycles. The third-order valence-corrected chi connectivity index (χ3v) is 4.83. The van der Waals surface area contributed by atoms with Crippen molar-refractivity contribution in [2.24, 2.45) is 4.99 Å². The Hall–Kier alpha value is -3.03. The lowest BCUT2D eigenvalue weighted by molar-refractivity contribution is -0.234. The van der Waals surface area contributed by atoms with Crippen LogP contribution in [0.4, 0.5) is 5.69 Å². The second-order valence-corrected chi connectivity index (χ2v) is 6.47. The van der Waals surface area contributed by atoms with Crippen molar-refractivity contribution >= 4 is 23.5 Å². The minimum atomic E-state index is -1.81. The van der Waals surface area contributed by atoms with Crippen LogP contribution in [0.15, 0.2) is 35.8 Å². The lowest BCUT2D eigenvalue weighted by atomic mass is 9.89. The summed E-state index contributed by atoms with van der Waals surface area (Å²) < 4.78 is 17.4. The highest BCUT2D eigenvalue weighted by molar-refractivity contribution is 6.31. The number of amidine groups is 1. The number of fused-ring (bicyclic) bond motifs is 1. The average molecular weight is 357 g/mol. The zero-order valence-corrected chi connectivity index (χ0v) is 14.6. The number of aryl methyl sites for hydroxylation is 1. The SMILES string of the molecule is C=CCC1(C2=NCCN2)Oc2ccc(C)cc2N(C)C12OC(=O)C(=O)O2. The van der Waals surface area contributed by atoms with Crippen molar-refractivity contribution in [2.75, 3.05) is 25.0 Å². The lowest BCUT2D eigenvalue weighted by Gasteiger charge is -2.51. The molecule has 3 aliphatic rings. The second-order valence-electron chi connectivity index (χ2n) is 6.47. The van der Waals surface area contributed by atoms with Gasteiger partial charge in [0.1, 0.15) is 5.75 Å². The lowest BCUT2D eigenvalue weighted by Crippen LogP contribution is -2.74. The third kappa shape index (κ3) is 1.98. The maximum Gasteiger partial charge on any atom is 0.422 e. The van der Waals surface area contributed by atoms with Gasteiger partial charge in [0.2, 0.25) is 0 Å². The number of carbonyl (C=O) groups is 2. The van der Waals surface area contributed by atoms with Crippen molar-refractivity contribution in [1.82, 2.24) is 5.32 Å². The molecule has 8 nitrogen and oxygen atoms in total. The molecule has 1 saturated heterocycles. The van der Waals surface area contributed by atoms with Crippen LogP contribution in [0.5, 0.6) is 5.75 Å². The molecule has 1 fully saturated rings.